The number of carbonyl (C=O) groups is 1. The van der Waals surface area contributed by atoms with E-state index in [9.17, 15) is 4.79 Å². The first-order valence-corrected chi connectivity index (χ1v) is 6.64. The van der Waals surface area contributed by atoms with Crippen molar-refractivity contribution >= 4 is 5.91 Å². The van der Waals surface area contributed by atoms with E-state index in [-0.39, 0.29) is 5.54 Å². The van der Waals surface area contributed by atoms with Gasteiger partial charge in [0.15, 0.2) is 0 Å². The maximum atomic E-state index is 12.2. The molecule has 1 saturated heterocycles. The second-order valence-electron chi connectivity index (χ2n) is 5.79. The SMILES string of the molecule is CC1(C)CNCCC(=O)N1C1CCCCC1. The number of amides is 1. The predicted molar refractivity (Wildman–Crippen MR) is 65.3 cm³/mol. The molecule has 0 bridgehead atoms. The molecule has 0 radical (unpaired) electrons. The summed E-state index contributed by atoms with van der Waals surface area (Å²) in [5, 5.41) is 3.37. The van der Waals surface area contributed by atoms with Crippen LogP contribution in [0.4, 0.5) is 0 Å². The van der Waals surface area contributed by atoms with Crippen LogP contribution in [0, 0.1) is 0 Å². The quantitative estimate of drug-likeness (QED) is 0.738. The molecule has 2 fully saturated rings. The second kappa shape index (κ2) is 4.74. The summed E-state index contributed by atoms with van der Waals surface area (Å²) < 4.78 is 0. The van der Waals surface area contributed by atoms with Crippen molar-refractivity contribution in [2.45, 2.75) is 64.0 Å². The fourth-order valence-corrected chi connectivity index (χ4v) is 3.17. The molecule has 1 N–H and O–H groups in total. The Hall–Kier alpha value is -0.570. The van der Waals surface area contributed by atoms with Gasteiger partial charge in [0.05, 0.1) is 0 Å². The summed E-state index contributed by atoms with van der Waals surface area (Å²) in [4.78, 5) is 14.4. The minimum absolute atomic E-state index is 0.0183. The Labute approximate surface area is 98.6 Å². The lowest BCUT2D eigenvalue weighted by Gasteiger charge is -2.44. The fraction of sp³-hybridized carbons (Fsp3) is 0.923. The largest absolute Gasteiger partial charge is 0.333 e. The third-order valence-electron chi connectivity index (χ3n) is 3.93. The molecule has 1 aliphatic heterocycles. The number of hydrogen-bond donors (Lipinski definition) is 1. The summed E-state index contributed by atoms with van der Waals surface area (Å²) in [6.45, 7) is 6.15. The molecule has 1 amide bonds. The topological polar surface area (TPSA) is 32.3 Å². The first kappa shape index (κ1) is 11.9. The molecule has 1 aliphatic carbocycles. The lowest BCUT2D eigenvalue weighted by Crippen LogP contribution is -2.55. The Bertz CT molecular complexity index is 257. The minimum Gasteiger partial charge on any atom is -0.333 e. The van der Waals surface area contributed by atoms with Crippen molar-refractivity contribution < 1.29 is 4.79 Å². The normalized spacial score (nSPS) is 27.9. The van der Waals surface area contributed by atoms with Crippen LogP contribution < -0.4 is 5.32 Å². The van der Waals surface area contributed by atoms with Gasteiger partial charge in [-0.1, -0.05) is 19.3 Å². The molecule has 1 heterocycles. The van der Waals surface area contributed by atoms with E-state index in [0.717, 1.165) is 13.1 Å². The van der Waals surface area contributed by atoms with E-state index in [0.29, 0.717) is 18.4 Å². The van der Waals surface area contributed by atoms with Gasteiger partial charge < -0.3 is 10.2 Å². The predicted octanol–water partition coefficient (Wildman–Crippen LogP) is 1.92. The number of hydrogen-bond acceptors (Lipinski definition) is 2. The Morgan fingerprint density at radius 3 is 2.62 bits per heavy atom. The lowest BCUT2D eigenvalue weighted by atomic mass is 9.90. The molecule has 0 aromatic rings. The van der Waals surface area contributed by atoms with E-state index in [4.69, 9.17) is 0 Å². The average Bonchev–Trinajstić information content (AvgIpc) is 2.38. The van der Waals surface area contributed by atoms with Gasteiger partial charge in [-0.15, -0.1) is 0 Å². The number of nitrogens with one attached hydrogen (secondary N) is 1. The van der Waals surface area contributed by atoms with Crippen molar-refractivity contribution in [3.05, 3.63) is 0 Å². The van der Waals surface area contributed by atoms with Gasteiger partial charge in [0.1, 0.15) is 0 Å². The van der Waals surface area contributed by atoms with Crippen LogP contribution in [-0.2, 0) is 4.79 Å². The maximum absolute atomic E-state index is 12.2. The van der Waals surface area contributed by atoms with Crippen LogP contribution in [0.5, 0.6) is 0 Å². The summed E-state index contributed by atoms with van der Waals surface area (Å²) in [6, 6.07) is 0.496. The summed E-state index contributed by atoms with van der Waals surface area (Å²) in [5.41, 5.74) is -0.0183. The molecule has 0 atom stereocenters. The minimum atomic E-state index is -0.0183. The first-order valence-electron chi connectivity index (χ1n) is 6.64. The van der Waals surface area contributed by atoms with Crippen molar-refractivity contribution in [3.63, 3.8) is 0 Å². The maximum Gasteiger partial charge on any atom is 0.224 e. The zero-order valence-corrected chi connectivity index (χ0v) is 10.6. The molecule has 0 unspecified atom stereocenters. The second-order valence-corrected chi connectivity index (χ2v) is 5.79. The highest BCUT2D eigenvalue weighted by Crippen LogP contribution is 2.29. The summed E-state index contributed by atoms with van der Waals surface area (Å²) in [7, 11) is 0. The Morgan fingerprint density at radius 1 is 1.25 bits per heavy atom. The highest BCUT2D eigenvalue weighted by atomic mass is 16.2. The van der Waals surface area contributed by atoms with Crippen LogP contribution in [0.3, 0.4) is 0 Å². The van der Waals surface area contributed by atoms with Crippen LogP contribution in [0.15, 0.2) is 0 Å². The van der Waals surface area contributed by atoms with Crippen molar-refractivity contribution in [1.29, 1.82) is 0 Å². The van der Waals surface area contributed by atoms with E-state index in [1.807, 2.05) is 0 Å². The van der Waals surface area contributed by atoms with Crippen LogP contribution in [0.25, 0.3) is 0 Å². The van der Waals surface area contributed by atoms with Crippen molar-refractivity contribution in [1.82, 2.24) is 10.2 Å². The van der Waals surface area contributed by atoms with Gasteiger partial charge in [0, 0.05) is 31.1 Å². The fourth-order valence-electron chi connectivity index (χ4n) is 3.17. The molecular formula is C13H24N2O. The average molecular weight is 224 g/mol. The zero-order chi connectivity index (χ0) is 11.6. The highest BCUT2D eigenvalue weighted by molar-refractivity contribution is 5.78. The third kappa shape index (κ3) is 2.40. The van der Waals surface area contributed by atoms with E-state index in [2.05, 4.69) is 24.1 Å². The Kier molecular flexibility index (Phi) is 3.53. The molecular weight excluding hydrogens is 200 g/mol. The number of rotatable bonds is 1. The molecule has 1 saturated carbocycles. The standard InChI is InChI=1S/C13H24N2O/c1-13(2)10-14-9-8-12(16)15(13)11-6-4-3-5-7-11/h11,14H,3-10H2,1-2H3. The summed E-state index contributed by atoms with van der Waals surface area (Å²) >= 11 is 0. The van der Waals surface area contributed by atoms with Crippen molar-refractivity contribution in [2.75, 3.05) is 13.1 Å². The zero-order valence-electron chi connectivity index (χ0n) is 10.6. The van der Waals surface area contributed by atoms with E-state index in [1.165, 1.54) is 32.1 Å². The van der Waals surface area contributed by atoms with Gasteiger partial charge in [0.25, 0.3) is 0 Å². The van der Waals surface area contributed by atoms with Crippen LogP contribution >= 0.6 is 0 Å². The molecule has 2 rings (SSSR count). The van der Waals surface area contributed by atoms with Crippen LogP contribution in [0.1, 0.15) is 52.4 Å². The highest BCUT2D eigenvalue weighted by Gasteiger charge is 2.37. The smallest absolute Gasteiger partial charge is 0.224 e. The van der Waals surface area contributed by atoms with Gasteiger partial charge in [-0.05, 0) is 26.7 Å². The van der Waals surface area contributed by atoms with Gasteiger partial charge >= 0.3 is 0 Å². The molecule has 3 nitrogen and oxygen atoms in total. The van der Waals surface area contributed by atoms with E-state index in [1.54, 1.807) is 0 Å². The van der Waals surface area contributed by atoms with Crippen LogP contribution in [-0.4, -0.2) is 35.5 Å². The first-order chi connectivity index (χ1) is 7.61. The lowest BCUT2D eigenvalue weighted by molar-refractivity contribution is -0.139. The van der Waals surface area contributed by atoms with Gasteiger partial charge in [-0.2, -0.15) is 0 Å². The Morgan fingerprint density at radius 2 is 1.94 bits per heavy atom. The molecule has 0 spiro atoms. The van der Waals surface area contributed by atoms with Gasteiger partial charge in [0.2, 0.25) is 5.91 Å². The Balaban J connectivity index is 2.15. The summed E-state index contributed by atoms with van der Waals surface area (Å²) in [6.07, 6.45) is 7.00. The molecule has 0 aromatic heterocycles. The third-order valence-corrected chi connectivity index (χ3v) is 3.93. The molecule has 16 heavy (non-hydrogen) atoms. The summed E-state index contributed by atoms with van der Waals surface area (Å²) in [5.74, 6) is 0.349. The number of carbonyl (C=O) groups excluding carboxylic acids is 1. The van der Waals surface area contributed by atoms with E-state index >= 15 is 0 Å². The molecule has 3 heteroatoms. The van der Waals surface area contributed by atoms with Crippen molar-refractivity contribution in [2.24, 2.45) is 0 Å². The van der Waals surface area contributed by atoms with Gasteiger partial charge in [-0.25, -0.2) is 0 Å². The van der Waals surface area contributed by atoms with E-state index < -0.39 is 0 Å². The van der Waals surface area contributed by atoms with Crippen molar-refractivity contribution in [3.8, 4) is 0 Å². The molecule has 2 aliphatic rings. The number of nitrogens with zero attached hydrogens (tertiary/aromatic N) is 1. The molecule has 92 valence electrons. The van der Waals surface area contributed by atoms with Gasteiger partial charge in [-0.3, -0.25) is 4.79 Å². The monoisotopic (exact) mass is 224 g/mol. The molecule has 0 aromatic carbocycles. The van der Waals surface area contributed by atoms with Crippen LogP contribution in [0.2, 0.25) is 0 Å².